The highest BCUT2D eigenvalue weighted by Gasteiger charge is 2.29. The predicted molar refractivity (Wildman–Crippen MR) is 74.5 cm³/mol. The van der Waals surface area contributed by atoms with Gasteiger partial charge in [0.2, 0.25) is 0 Å². The second-order valence-electron chi connectivity index (χ2n) is 4.98. The molecule has 0 aliphatic heterocycles. The number of H-pyrrole nitrogens is 1. The molecule has 1 unspecified atom stereocenters. The number of aromatic nitrogens is 2. The van der Waals surface area contributed by atoms with Crippen LogP contribution in [-0.4, -0.2) is 28.1 Å². The normalized spacial score (nSPS) is 16.8. The van der Waals surface area contributed by atoms with Crippen LogP contribution in [0.1, 0.15) is 34.1 Å². The molecule has 5 nitrogen and oxygen atoms in total. The van der Waals surface area contributed by atoms with Crippen LogP contribution in [0.2, 0.25) is 0 Å². The van der Waals surface area contributed by atoms with Crippen molar-refractivity contribution >= 4 is 5.91 Å². The maximum Gasteiger partial charge on any atom is 0.274 e. The average molecular weight is 269 g/mol. The molecule has 1 aromatic heterocycles. The summed E-state index contributed by atoms with van der Waals surface area (Å²) in [6.45, 7) is 0. The molecule has 0 saturated carbocycles. The van der Waals surface area contributed by atoms with Crippen molar-refractivity contribution in [1.82, 2.24) is 15.1 Å². The number of aryl methyl sites for hydroxylation is 1. The Morgan fingerprint density at radius 1 is 1.30 bits per heavy atom. The lowest BCUT2D eigenvalue weighted by atomic mass is 10.1. The van der Waals surface area contributed by atoms with Gasteiger partial charge >= 0.3 is 0 Å². The van der Waals surface area contributed by atoms with Crippen molar-refractivity contribution in [2.45, 2.75) is 18.9 Å². The molecule has 1 aliphatic carbocycles. The van der Waals surface area contributed by atoms with Gasteiger partial charge in [-0.15, -0.1) is 0 Å². The molecule has 1 aliphatic rings. The van der Waals surface area contributed by atoms with Crippen LogP contribution in [0.3, 0.4) is 0 Å². The summed E-state index contributed by atoms with van der Waals surface area (Å²) in [5.41, 5.74) is 2.45. The summed E-state index contributed by atoms with van der Waals surface area (Å²) in [5.74, 6) is -0.178. The Kier molecular flexibility index (Phi) is 3.10. The minimum atomic E-state index is -0.310. The second kappa shape index (κ2) is 4.92. The van der Waals surface area contributed by atoms with E-state index in [9.17, 15) is 9.59 Å². The number of hydrogen-bond acceptors (Lipinski definition) is 3. The van der Waals surface area contributed by atoms with Crippen LogP contribution in [0.5, 0.6) is 0 Å². The highest BCUT2D eigenvalue weighted by atomic mass is 16.2. The van der Waals surface area contributed by atoms with E-state index < -0.39 is 0 Å². The summed E-state index contributed by atoms with van der Waals surface area (Å²) in [7, 11) is 1.78. The molecule has 0 fully saturated rings. The van der Waals surface area contributed by atoms with E-state index in [0.717, 1.165) is 12.8 Å². The van der Waals surface area contributed by atoms with Crippen LogP contribution >= 0.6 is 0 Å². The van der Waals surface area contributed by atoms with E-state index in [1.807, 2.05) is 12.1 Å². The zero-order valence-corrected chi connectivity index (χ0v) is 11.2. The van der Waals surface area contributed by atoms with E-state index in [-0.39, 0.29) is 23.2 Å². The minimum Gasteiger partial charge on any atom is -0.333 e. The minimum absolute atomic E-state index is 0.0763. The molecule has 1 aromatic carbocycles. The van der Waals surface area contributed by atoms with Gasteiger partial charge in [0.15, 0.2) is 0 Å². The van der Waals surface area contributed by atoms with Gasteiger partial charge in [-0.25, -0.2) is 5.10 Å². The molecular weight excluding hydrogens is 254 g/mol. The summed E-state index contributed by atoms with van der Waals surface area (Å²) < 4.78 is 0. The Hall–Kier alpha value is -2.43. The van der Waals surface area contributed by atoms with Crippen LogP contribution < -0.4 is 5.56 Å². The number of amides is 1. The van der Waals surface area contributed by atoms with Crippen molar-refractivity contribution < 1.29 is 4.79 Å². The number of rotatable bonds is 2. The first-order valence-corrected chi connectivity index (χ1v) is 6.57. The molecule has 0 spiro atoms. The quantitative estimate of drug-likeness (QED) is 0.899. The highest BCUT2D eigenvalue weighted by Crippen LogP contribution is 2.35. The fraction of sp³-hybridized carbons (Fsp3) is 0.267. The molecule has 1 heterocycles. The monoisotopic (exact) mass is 269 g/mol. The summed E-state index contributed by atoms with van der Waals surface area (Å²) in [4.78, 5) is 25.1. The third-order valence-corrected chi connectivity index (χ3v) is 3.79. The number of nitrogens with one attached hydrogen (secondary N) is 1. The molecule has 20 heavy (non-hydrogen) atoms. The fourth-order valence-electron chi connectivity index (χ4n) is 2.72. The van der Waals surface area contributed by atoms with E-state index in [4.69, 9.17) is 0 Å². The van der Waals surface area contributed by atoms with Crippen LogP contribution in [0.15, 0.2) is 41.2 Å². The number of fused-ring (bicyclic) bond motifs is 1. The van der Waals surface area contributed by atoms with Crippen molar-refractivity contribution in [2.24, 2.45) is 0 Å². The third kappa shape index (κ3) is 2.11. The largest absolute Gasteiger partial charge is 0.333 e. The summed E-state index contributed by atoms with van der Waals surface area (Å²) in [5, 5.41) is 6.09. The summed E-state index contributed by atoms with van der Waals surface area (Å²) in [6, 6.07) is 11.0. The molecule has 0 bridgehead atoms. The highest BCUT2D eigenvalue weighted by molar-refractivity contribution is 5.92. The Labute approximate surface area is 116 Å². The molecule has 0 radical (unpaired) electrons. The predicted octanol–water partition coefficient (Wildman–Crippen LogP) is 1.53. The lowest BCUT2D eigenvalue weighted by Crippen LogP contribution is -2.31. The van der Waals surface area contributed by atoms with Crippen molar-refractivity contribution in [1.29, 1.82) is 0 Å². The lowest BCUT2D eigenvalue weighted by Gasteiger charge is -2.25. The zero-order valence-electron chi connectivity index (χ0n) is 11.2. The van der Waals surface area contributed by atoms with Gasteiger partial charge in [0.05, 0.1) is 6.04 Å². The van der Waals surface area contributed by atoms with Crippen molar-refractivity contribution in [3.05, 3.63) is 63.6 Å². The molecular formula is C15H15N3O2. The van der Waals surface area contributed by atoms with Gasteiger partial charge in [-0.2, -0.15) is 5.10 Å². The summed E-state index contributed by atoms with van der Waals surface area (Å²) in [6.07, 6.45) is 1.91. The molecule has 1 N–H and O–H groups in total. The number of nitrogens with zero attached hydrogens (tertiary/aromatic N) is 2. The van der Waals surface area contributed by atoms with Crippen LogP contribution in [0.4, 0.5) is 0 Å². The SMILES string of the molecule is CN(C(=O)c1ccc(=O)[nH]n1)C1CCc2ccccc21. The van der Waals surface area contributed by atoms with Gasteiger partial charge in [-0.1, -0.05) is 24.3 Å². The maximum atomic E-state index is 12.4. The maximum absolute atomic E-state index is 12.4. The van der Waals surface area contributed by atoms with Crippen LogP contribution in [0.25, 0.3) is 0 Å². The second-order valence-corrected chi connectivity index (χ2v) is 4.98. The zero-order chi connectivity index (χ0) is 14.1. The first kappa shape index (κ1) is 12.6. The molecule has 1 amide bonds. The molecule has 102 valence electrons. The van der Waals surface area contributed by atoms with E-state index in [1.165, 1.54) is 23.3 Å². The number of benzene rings is 1. The van der Waals surface area contributed by atoms with Gasteiger partial charge in [0, 0.05) is 13.1 Å². The number of carbonyl (C=O) groups excluding carboxylic acids is 1. The molecule has 0 saturated heterocycles. The van der Waals surface area contributed by atoms with Crippen LogP contribution in [0, 0.1) is 0 Å². The van der Waals surface area contributed by atoms with Gasteiger partial charge < -0.3 is 4.90 Å². The third-order valence-electron chi connectivity index (χ3n) is 3.79. The Morgan fingerprint density at radius 2 is 2.10 bits per heavy atom. The van der Waals surface area contributed by atoms with Gasteiger partial charge in [-0.05, 0) is 30.0 Å². The van der Waals surface area contributed by atoms with E-state index in [0.29, 0.717) is 0 Å². The molecule has 1 atom stereocenters. The molecule has 3 rings (SSSR count). The smallest absolute Gasteiger partial charge is 0.274 e. The standard InChI is InChI=1S/C15H15N3O2/c1-18(15(20)12-7-9-14(19)17-16-12)13-8-6-10-4-2-3-5-11(10)13/h2-5,7,9,13H,6,8H2,1H3,(H,17,19). The van der Waals surface area contributed by atoms with Crippen molar-refractivity contribution in [3.63, 3.8) is 0 Å². The number of carbonyl (C=O) groups is 1. The fourth-order valence-corrected chi connectivity index (χ4v) is 2.72. The molecule has 5 heteroatoms. The van der Waals surface area contributed by atoms with E-state index in [1.54, 1.807) is 11.9 Å². The topological polar surface area (TPSA) is 66.1 Å². The van der Waals surface area contributed by atoms with E-state index in [2.05, 4.69) is 22.3 Å². The van der Waals surface area contributed by atoms with Gasteiger partial charge in [0.1, 0.15) is 5.69 Å². The van der Waals surface area contributed by atoms with Crippen LogP contribution in [-0.2, 0) is 6.42 Å². The van der Waals surface area contributed by atoms with Crippen molar-refractivity contribution in [3.8, 4) is 0 Å². The first-order chi connectivity index (χ1) is 9.66. The summed E-state index contributed by atoms with van der Waals surface area (Å²) >= 11 is 0. The lowest BCUT2D eigenvalue weighted by molar-refractivity contribution is 0.0723. The molecule has 2 aromatic rings. The van der Waals surface area contributed by atoms with E-state index >= 15 is 0 Å². The number of hydrogen-bond donors (Lipinski definition) is 1. The number of aromatic amines is 1. The Balaban J connectivity index is 1.86. The van der Waals surface area contributed by atoms with Gasteiger partial charge in [0.25, 0.3) is 11.5 Å². The Morgan fingerprint density at radius 3 is 2.85 bits per heavy atom. The average Bonchev–Trinajstić information content (AvgIpc) is 2.90. The van der Waals surface area contributed by atoms with Crippen molar-refractivity contribution in [2.75, 3.05) is 7.05 Å². The Bertz CT molecular complexity index is 688. The first-order valence-electron chi connectivity index (χ1n) is 6.57. The van der Waals surface area contributed by atoms with Gasteiger partial charge in [-0.3, -0.25) is 9.59 Å².